The lowest BCUT2D eigenvalue weighted by Crippen LogP contribution is -2.17. The average Bonchev–Trinajstić information content (AvgIpc) is 2.81. The number of pyridine rings is 1. The van der Waals surface area contributed by atoms with Gasteiger partial charge in [0, 0.05) is 17.6 Å². The molecular formula is C18H18N4O2S. The standard InChI is InChI=1S/C18H18N4O2S/c1-10(2)22-17-15(18(24)21-22)16(25-9-14(23)20-17)12-5-6-13-11(8-12)4-3-7-19-13/h3-8,10,16H,9H2,1-2H3,(H,20,23)(H,21,24)/t16-/m0/s1. The van der Waals surface area contributed by atoms with Gasteiger partial charge in [0.15, 0.2) is 0 Å². The van der Waals surface area contributed by atoms with Gasteiger partial charge in [0.1, 0.15) is 5.82 Å². The highest BCUT2D eigenvalue weighted by atomic mass is 32.2. The van der Waals surface area contributed by atoms with Crippen LogP contribution in [0.4, 0.5) is 5.82 Å². The third-order valence-corrected chi connectivity index (χ3v) is 5.58. The summed E-state index contributed by atoms with van der Waals surface area (Å²) in [6.45, 7) is 3.94. The second-order valence-corrected chi connectivity index (χ2v) is 7.46. The molecule has 2 aromatic heterocycles. The minimum Gasteiger partial charge on any atom is -0.310 e. The van der Waals surface area contributed by atoms with E-state index in [4.69, 9.17) is 0 Å². The number of aromatic amines is 1. The predicted molar refractivity (Wildman–Crippen MR) is 100 cm³/mol. The highest BCUT2D eigenvalue weighted by Crippen LogP contribution is 2.40. The van der Waals surface area contributed by atoms with Crippen molar-refractivity contribution in [3.05, 3.63) is 58.0 Å². The summed E-state index contributed by atoms with van der Waals surface area (Å²) in [6, 6.07) is 9.93. The first-order valence-corrected chi connectivity index (χ1v) is 9.20. The lowest BCUT2D eigenvalue weighted by Gasteiger charge is -2.15. The summed E-state index contributed by atoms with van der Waals surface area (Å²) in [5.74, 6) is 0.790. The predicted octanol–water partition coefficient (Wildman–Crippen LogP) is 3.08. The molecule has 0 fully saturated rings. The van der Waals surface area contributed by atoms with Gasteiger partial charge >= 0.3 is 0 Å². The highest BCUT2D eigenvalue weighted by molar-refractivity contribution is 8.00. The van der Waals surface area contributed by atoms with Crippen LogP contribution in [0.5, 0.6) is 0 Å². The number of nitrogens with zero attached hydrogens (tertiary/aromatic N) is 2. The lowest BCUT2D eigenvalue weighted by atomic mass is 10.0. The van der Waals surface area contributed by atoms with Gasteiger partial charge in [0.2, 0.25) is 5.91 Å². The summed E-state index contributed by atoms with van der Waals surface area (Å²) in [5.41, 5.74) is 2.35. The SMILES string of the molecule is CC(C)n1[nH]c(=O)c2c1NC(=O)CS[C@H]2c1ccc2ncccc2c1. The number of fused-ring (bicyclic) bond motifs is 2. The molecule has 1 amide bonds. The van der Waals surface area contributed by atoms with Gasteiger partial charge in [-0.3, -0.25) is 24.4 Å². The summed E-state index contributed by atoms with van der Waals surface area (Å²) in [7, 11) is 0. The normalized spacial score (nSPS) is 17.4. The Kier molecular flexibility index (Phi) is 3.88. The van der Waals surface area contributed by atoms with Crippen molar-refractivity contribution in [1.29, 1.82) is 0 Å². The van der Waals surface area contributed by atoms with Crippen molar-refractivity contribution in [2.24, 2.45) is 0 Å². The lowest BCUT2D eigenvalue weighted by molar-refractivity contribution is -0.113. The Balaban J connectivity index is 1.90. The van der Waals surface area contributed by atoms with E-state index in [2.05, 4.69) is 15.4 Å². The minimum atomic E-state index is -0.206. The maximum absolute atomic E-state index is 12.6. The molecule has 1 aromatic carbocycles. The van der Waals surface area contributed by atoms with Crippen LogP contribution < -0.4 is 10.9 Å². The van der Waals surface area contributed by atoms with E-state index in [1.165, 1.54) is 11.8 Å². The second kappa shape index (κ2) is 6.07. The van der Waals surface area contributed by atoms with Crippen LogP contribution in [0.25, 0.3) is 10.9 Å². The number of rotatable bonds is 2. The zero-order valence-electron chi connectivity index (χ0n) is 13.9. The van der Waals surface area contributed by atoms with E-state index in [0.717, 1.165) is 16.5 Å². The Hall–Kier alpha value is -2.54. The van der Waals surface area contributed by atoms with Gasteiger partial charge in [-0.2, -0.15) is 0 Å². The van der Waals surface area contributed by atoms with Crippen LogP contribution in [0.1, 0.15) is 36.3 Å². The first-order chi connectivity index (χ1) is 12.0. The molecule has 2 N–H and O–H groups in total. The Bertz CT molecular complexity index is 1020. The van der Waals surface area contributed by atoms with Gasteiger partial charge in [-0.05, 0) is 37.6 Å². The summed E-state index contributed by atoms with van der Waals surface area (Å²) in [6.07, 6.45) is 1.76. The molecule has 0 saturated heterocycles. The van der Waals surface area contributed by atoms with Gasteiger partial charge in [-0.15, -0.1) is 11.8 Å². The minimum absolute atomic E-state index is 0.0429. The van der Waals surface area contributed by atoms with Crippen LogP contribution in [0, 0.1) is 0 Å². The maximum atomic E-state index is 12.6. The maximum Gasteiger partial charge on any atom is 0.270 e. The third-order valence-electron chi connectivity index (χ3n) is 4.31. The van der Waals surface area contributed by atoms with Crippen LogP contribution in [0.2, 0.25) is 0 Å². The first-order valence-electron chi connectivity index (χ1n) is 8.15. The number of anilines is 1. The molecule has 6 nitrogen and oxygen atoms in total. The number of benzene rings is 1. The van der Waals surface area contributed by atoms with E-state index < -0.39 is 0 Å². The van der Waals surface area contributed by atoms with Crippen LogP contribution in [-0.2, 0) is 4.79 Å². The molecule has 0 saturated carbocycles. The number of amides is 1. The van der Waals surface area contributed by atoms with Crippen molar-refractivity contribution >= 4 is 34.4 Å². The van der Waals surface area contributed by atoms with Gasteiger partial charge < -0.3 is 5.32 Å². The molecule has 0 unspecified atom stereocenters. The topological polar surface area (TPSA) is 79.8 Å². The van der Waals surface area contributed by atoms with Crippen LogP contribution in [-0.4, -0.2) is 26.4 Å². The number of nitrogens with one attached hydrogen (secondary N) is 2. The summed E-state index contributed by atoms with van der Waals surface area (Å²) >= 11 is 1.47. The third kappa shape index (κ3) is 2.74. The highest BCUT2D eigenvalue weighted by Gasteiger charge is 2.31. The molecule has 1 aliphatic rings. The number of hydrogen-bond acceptors (Lipinski definition) is 4. The molecule has 0 aliphatic carbocycles. The average molecular weight is 354 g/mol. The Morgan fingerprint density at radius 2 is 2.12 bits per heavy atom. The Labute approximate surface area is 148 Å². The molecule has 128 valence electrons. The zero-order valence-corrected chi connectivity index (χ0v) is 14.8. The fraction of sp³-hybridized carbons (Fsp3) is 0.278. The number of H-pyrrole nitrogens is 1. The zero-order chi connectivity index (χ0) is 17.6. The molecule has 25 heavy (non-hydrogen) atoms. The molecule has 3 heterocycles. The van der Waals surface area contributed by atoms with E-state index in [1.807, 2.05) is 44.2 Å². The summed E-state index contributed by atoms with van der Waals surface area (Å²) < 4.78 is 1.73. The van der Waals surface area contributed by atoms with Crippen LogP contribution in [0.15, 0.2) is 41.3 Å². The van der Waals surface area contributed by atoms with E-state index in [-0.39, 0.29) is 22.8 Å². The van der Waals surface area contributed by atoms with Crippen molar-refractivity contribution in [1.82, 2.24) is 14.8 Å². The molecule has 0 radical (unpaired) electrons. The van der Waals surface area contributed by atoms with Crippen molar-refractivity contribution in [3.63, 3.8) is 0 Å². The molecular weight excluding hydrogens is 336 g/mol. The van der Waals surface area contributed by atoms with Crippen molar-refractivity contribution in [3.8, 4) is 0 Å². The van der Waals surface area contributed by atoms with Crippen molar-refractivity contribution in [2.45, 2.75) is 25.1 Å². The smallest absolute Gasteiger partial charge is 0.270 e. The van der Waals surface area contributed by atoms with Crippen LogP contribution >= 0.6 is 11.8 Å². The molecule has 3 aromatic rings. The quantitative estimate of drug-likeness (QED) is 0.741. The van der Waals surface area contributed by atoms with E-state index in [0.29, 0.717) is 17.1 Å². The fourth-order valence-electron chi connectivity index (χ4n) is 3.15. The number of hydrogen-bond donors (Lipinski definition) is 2. The van der Waals surface area contributed by atoms with Gasteiger partial charge in [0.25, 0.3) is 5.56 Å². The van der Waals surface area contributed by atoms with Crippen molar-refractivity contribution < 1.29 is 4.79 Å². The fourth-order valence-corrected chi connectivity index (χ4v) is 4.27. The molecule has 1 atom stereocenters. The van der Waals surface area contributed by atoms with Crippen LogP contribution in [0.3, 0.4) is 0 Å². The van der Waals surface area contributed by atoms with E-state index in [9.17, 15) is 9.59 Å². The molecule has 0 spiro atoms. The number of carbonyl (C=O) groups excluding carboxylic acids is 1. The van der Waals surface area contributed by atoms with E-state index >= 15 is 0 Å². The molecule has 4 rings (SSSR count). The van der Waals surface area contributed by atoms with Gasteiger partial charge in [-0.1, -0.05) is 12.1 Å². The van der Waals surface area contributed by atoms with Gasteiger partial charge in [-0.25, -0.2) is 0 Å². The molecule has 1 aliphatic heterocycles. The van der Waals surface area contributed by atoms with Crippen molar-refractivity contribution in [2.75, 3.05) is 11.1 Å². The summed E-state index contributed by atoms with van der Waals surface area (Å²) in [4.78, 5) is 29.1. The molecule has 0 bridgehead atoms. The number of thioether (sulfide) groups is 1. The Morgan fingerprint density at radius 1 is 1.28 bits per heavy atom. The van der Waals surface area contributed by atoms with E-state index in [1.54, 1.807) is 10.9 Å². The number of aromatic nitrogens is 3. The number of carbonyl (C=O) groups is 1. The second-order valence-electron chi connectivity index (χ2n) is 6.36. The molecule has 7 heteroatoms. The largest absolute Gasteiger partial charge is 0.310 e. The summed E-state index contributed by atoms with van der Waals surface area (Å²) in [5, 5.41) is 6.56. The monoisotopic (exact) mass is 354 g/mol. The first kappa shape index (κ1) is 16.0. The van der Waals surface area contributed by atoms with Gasteiger partial charge in [0.05, 0.1) is 22.1 Å². The Morgan fingerprint density at radius 3 is 2.92 bits per heavy atom.